The van der Waals surface area contributed by atoms with Crippen molar-refractivity contribution in [3.05, 3.63) is 35.6 Å². The molecular weight excluding hydrogens is 258 g/mol. The van der Waals surface area contributed by atoms with E-state index in [1.807, 2.05) is 13.0 Å². The average Bonchev–Trinajstić information content (AvgIpc) is 2.88. The summed E-state index contributed by atoms with van der Waals surface area (Å²) in [5.74, 6) is 1.22. The third-order valence-corrected chi connectivity index (χ3v) is 3.05. The Hall–Kier alpha value is -2.24. The summed E-state index contributed by atoms with van der Waals surface area (Å²) in [5.41, 5.74) is 0.953. The van der Waals surface area contributed by atoms with Crippen LogP contribution in [0.2, 0.25) is 0 Å². The van der Waals surface area contributed by atoms with Gasteiger partial charge in [-0.15, -0.1) is 0 Å². The van der Waals surface area contributed by atoms with Gasteiger partial charge < -0.3 is 9.26 Å². The van der Waals surface area contributed by atoms with Gasteiger partial charge in [0.1, 0.15) is 5.78 Å². The standard InChI is InChI=1S/C14H17N3O3/c1-4-11(9(2)18)14-16-12(17-20-14)7-10-5-6-13(19-3)15-8-10/h5-6,8,11H,4,7H2,1-3H3. The van der Waals surface area contributed by atoms with Crippen molar-refractivity contribution in [3.8, 4) is 5.88 Å². The van der Waals surface area contributed by atoms with Gasteiger partial charge in [-0.3, -0.25) is 4.79 Å². The van der Waals surface area contributed by atoms with Gasteiger partial charge in [-0.25, -0.2) is 4.98 Å². The number of carbonyl (C=O) groups is 1. The van der Waals surface area contributed by atoms with Crippen molar-refractivity contribution in [3.63, 3.8) is 0 Å². The minimum absolute atomic E-state index is 0.0359. The molecule has 106 valence electrons. The van der Waals surface area contributed by atoms with Crippen LogP contribution in [0.15, 0.2) is 22.9 Å². The lowest BCUT2D eigenvalue weighted by atomic mass is 10.0. The normalized spacial score (nSPS) is 12.2. The first-order valence-electron chi connectivity index (χ1n) is 6.45. The van der Waals surface area contributed by atoms with Crippen molar-refractivity contribution in [1.29, 1.82) is 0 Å². The molecule has 0 spiro atoms. The van der Waals surface area contributed by atoms with Gasteiger partial charge in [-0.2, -0.15) is 4.98 Å². The fourth-order valence-electron chi connectivity index (χ4n) is 1.94. The number of hydrogen-bond acceptors (Lipinski definition) is 6. The largest absolute Gasteiger partial charge is 0.481 e. The van der Waals surface area contributed by atoms with Crippen molar-refractivity contribution in [2.45, 2.75) is 32.6 Å². The topological polar surface area (TPSA) is 78.1 Å². The first kappa shape index (κ1) is 14.2. The van der Waals surface area contributed by atoms with E-state index in [9.17, 15) is 4.79 Å². The Kier molecular flexibility index (Phi) is 4.45. The molecule has 0 saturated carbocycles. The fourth-order valence-corrected chi connectivity index (χ4v) is 1.94. The first-order valence-corrected chi connectivity index (χ1v) is 6.45. The van der Waals surface area contributed by atoms with Gasteiger partial charge >= 0.3 is 0 Å². The van der Waals surface area contributed by atoms with Gasteiger partial charge in [-0.1, -0.05) is 18.1 Å². The highest BCUT2D eigenvalue weighted by atomic mass is 16.5. The second-order valence-corrected chi connectivity index (χ2v) is 4.51. The van der Waals surface area contributed by atoms with Crippen LogP contribution >= 0.6 is 0 Å². The van der Waals surface area contributed by atoms with E-state index >= 15 is 0 Å². The smallest absolute Gasteiger partial charge is 0.237 e. The molecule has 0 aromatic carbocycles. The van der Waals surface area contributed by atoms with E-state index in [-0.39, 0.29) is 11.7 Å². The number of ether oxygens (including phenoxy) is 1. The first-order chi connectivity index (χ1) is 9.63. The molecule has 0 saturated heterocycles. The summed E-state index contributed by atoms with van der Waals surface area (Å²) >= 11 is 0. The molecule has 0 aliphatic heterocycles. The lowest BCUT2D eigenvalue weighted by Crippen LogP contribution is -2.08. The van der Waals surface area contributed by atoms with Crippen molar-refractivity contribution in [1.82, 2.24) is 15.1 Å². The van der Waals surface area contributed by atoms with Crippen molar-refractivity contribution in [2.24, 2.45) is 0 Å². The number of ketones is 1. The summed E-state index contributed by atoms with van der Waals surface area (Å²) in [6, 6.07) is 3.67. The number of methoxy groups -OCH3 is 1. The molecule has 1 unspecified atom stereocenters. The predicted molar refractivity (Wildman–Crippen MR) is 71.6 cm³/mol. The fraction of sp³-hybridized carbons (Fsp3) is 0.429. The molecule has 6 heteroatoms. The molecule has 0 aliphatic carbocycles. The number of pyridine rings is 1. The molecule has 0 N–H and O–H groups in total. The quantitative estimate of drug-likeness (QED) is 0.803. The van der Waals surface area contributed by atoms with Gasteiger partial charge in [0.15, 0.2) is 5.82 Å². The van der Waals surface area contributed by atoms with Crippen LogP contribution in [0.25, 0.3) is 0 Å². The van der Waals surface area contributed by atoms with Crippen LogP contribution in [0.4, 0.5) is 0 Å². The summed E-state index contributed by atoms with van der Waals surface area (Å²) in [7, 11) is 1.57. The van der Waals surface area contributed by atoms with Crippen molar-refractivity contribution >= 4 is 5.78 Å². The van der Waals surface area contributed by atoms with Crippen LogP contribution in [0.1, 0.15) is 43.5 Å². The van der Waals surface area contributed by atoms with Crippen LogP contribution in [0, 0.1) is 0 Å². The maximum Gasteiger partial charge on any atom is 0.237 e. The van der Waals surface area contributed by atoms with E-state index in [1.54, 1.807) is 19.4 Å². The highest BCUT2D eigenvalue weighted by Crippen LogP contribution is 2.19. The third kappa shape index (κ3) is 3.20. The predicted octanol–water partition coefficient (Wildman–Crippen LogP) is 2.15. The maximum atomic E-state index is 11.5. The Bertz CT molecular complexity index is 578. The number of aromatic nitrogens is 3. The highest BCUT2D eigenvalue weighted by Gasteiger charge is 2.21. The molecule has 0 radical (unpaired) electrons. The molecule has 20 heavy (non-hydrogen) atoms. The van der Waals surface area contributed by atoms with Gasteiger partial charge in [-0.05, 0) is 18.9 Å². The molecule has 0 aliphatic rings. The highest BCUT2D eigenvalue weighted by molar-refractivity contribution is 5.82. The van der Waals surface area contributed by atoms with Crippen LogP contribution in [-0.4, -0.2) is 28.0 Å². The molecule has 6 nitrogen and oxygen atoms in total. The van der Waals surface area contributed by atoms with E-state index in [0.29, 0.717) is 30.4 Å². The monoisotopic (exact) mass is 275 g/mol. The number of hydrogen-bond donors (Lipinski definition) is 0. The van der Waals surface area contributed by atoms with Gasteiger partial charge in [0.05, 0.1) is 13.0 Å². The molecule has 2 aromatic heterocycles. The van der Waals surface area contributed by atoms with Crippen LogP contribution in [-0.2, 0) is 11.2 Å². The lowest BCUT2D eigenvalue weighted by molar-refractivity contribution is -0.119. The van der Waals surface area contributed by atoms with Gasteiger partial charge in [0.2, 0.25) is 11.8 Å². The molecule has 0 amide bonds. The molecular formula is C14H17N3O3. The maximum absolute atomic E-state index is 11.5. The van der Waals surface area contributed by atoms with Crippen molar-refractivity contribution in [2.75, 3.05) is 7.11 Å². The van der Waals surface area contributed by atoms with Crippen LogP contribution in [0.3, 0.4) is 0 Å². The Morgan fingerprint density at radius 2 is 2.25 bits per heavy atom. The van der Waals surface area contributed by atoms with Gasteiger partial charge in [0.25, 0.3) is 0 Å². The van der Waals surface area contributed by atoms with Crippen LogP contribution in [0.5, 0.6) is 5.88 Å². The minimum atomic E-state index is -0.315. The third-order valence-electron chi connectivity index (χ3n) is 3.05. The van der Waals surface area contributed by atoms with E-state index in [2.05, 4.69) is 15.1 Å². The van der Waals surface area contributed by atoms with Crippen molar-refractivity contribution < 1.29 is 14.1 Å². The summed E-state index contributed by atoms with van der Waals surface area (Å²) in [6.07, 6.45) is 2.87. The molecule has 0 fully saturated rings. The zero-order valence-electron chi connectivity index (χ0n) is 11.8. The number of rotatable bonds is 6. The summed E-state index contributed by atoms with van der Waals surface area (Å²) < 4.78 is 10.2. The van der Waals surface area contributed by atoms with E-state index in [1.165, 1.54) is 6.92 Å². The van der Waals surface area contributed by atoms with E-state index in [4.69, 9.17) is 9.26 Å². The number of Topliss-reactive ketones (excluding diaryl/α,β-unsaturated/α-hetero) is 1. The Balaban J connectivity index is 2.10. The zero-order valence-corrected chi connectivity index (χ0v) is 11.8. The molecule has 2 heterocycles. The molecule has 2 rings (SSSR count). The Labute approximate surface area is 117 Å². The summed E-state index contributed by atoms with van der Waals surface area (Å²) in [6.45, 7) is 3.45. The second-order valence-electron chi connectivity index (χ2n) is 4.51. The SMILES string of the molecule is CCC(C(C)=O)c1nc(Cc2ccc(OC)nc2)no1. The number of nitrogens with zero attached hydrogens (tertiary/aromatic N) is 3. The summed E-state index contributed by atoms with van der Waals surface area (Å²) in [4.78, 5) is 19.9. The second kappa shape index (κ2) is 6.27. The summed E-state index contributed by atoms with van der Waals surface area (Å²) in [5, 5.41) is 3.91. The minimum Gasteiger partial charge on any atom is -0.481 e. The molecule has 1 atom stereocenters. The average molecular weight is 275 g/mol. The Morgan fingerprint density at radius 1 is 1.45 bits per heavy atom. The molecule has 2 aromatic rings. The molecule has 0 bridgehead atoms. The Morgan fingerprint density at radius 3 is 2.80 bits per heavy atom. The van der Waals surface area contributed by atoms with Gasteiger partial charge in [0, 0.05) is 18.7 Å². The van der Waals surface area contributed by atoms with Crippen LogP contribution < -0.4 is 4.74 Å². The lowest BCUT2D eigenvalue weighted by Gasteiger charge is -2.03. The zero-order chi connectivity index (χ0) is 14.5. The van der Waals surface area contributed by atoms with E-state index in [0.717, 1.165) is 5.56 Å². The number of carbonyl (C=O) groups excluding carboxylic acids is 1. The van der Waals surface area contributed by atoms with E-state index < -0.39 is 0 Å².